The van der Waals surface area contributed by atoms with Gasteiger partial charge in [0.1, 0.15) is 0 Å². The van der Waals surface area contributed by atoms with E-state index in [1.54, 1.807) is 0 Å². The number of thiophene rings is 1. The molecule has 0 spiro atoms. The predicted molar refractivity (Wildman–Crippen MR) is 213 cm³/mol. The summed E-state index contributed by atoms with van der Waals surface area (Å²) in [6.07, 6.45) is 0. The second-order valence-electron chi connectivity index (χ2n) is 12.8. The molecular formula is C46H34N2S. The van der Waals surface area contributed by atoms with E-state index in [4.69, 9.17) is 0 Å². The molecule has 3 heteroatoms. The van der Waals surface area contributed by atoms with Crippen LogP contribution in [0.3, 0.4) is 0 Å². The number of hydrogen-bond donors (Lipinski definition) is 0. The maximum atomic E-state index is 2.40. The van der Waals surface area contributed by atoms with E-state index in [1.807, 2.05) is 11.3 Å². The molecular weight excluding hydrogens is 613 g/mol. The second kappa shape index (κ2) is 12.0. The fraction of sp³-hybridized carbons (Fsp3) is 0.0435. The molecule has 0 aliphatic carbocycles. The van der Waals surface area contributed by atoms with Crippen molar-refractivity contribution in [1.82, 2.24) is 0 Å². The monoisotopic (exact) mass is 646 g/mol. The highest BCUT2D eigenvalue weighted by Crippen LogP contribution is 2.43. The van der Waals surface area contributed by atoms with Crippen LogP contribution in [0.5, 0.6) is 0 Å². The summed E-state index contributed by atoms with van der Waals surface area (Å²) in [5.41, 5.74) is 9.46. The summed E-state index contributed by atoms with van der Waals surface area (Å²) >= 11 is 1.88. The number of anilines is 6. The molecule has 8 aromatic carbocycles. The van der Waals surface area contributed by atoms with Crippen molar-refractivity contribution < 1.29 is 0 Å². The maximum absolute atomic E-state index is 2.40. The summed E-state index contributed by atoms with van der Waals surface area (Å²) in [4.78, 5) is 4.74. The number of hydrogen-bond acceptors (Lipinski definition) is 3. The average molecular weight is 647 g/mol. The molecule has 0 amide bonds. The smallest absolute Gasteiger partial charge is 0.0490 e. The van der Waals surface area contributed by atoms with Gasteiger partial charge in [0.25, 0.3) is 0 Å². The Morgan fingerprint density at radius 2 is 0.755 bits per heavy atom. The lowest BCUT2D eigenvalue weighted by Gasteiger charge is -2.27. The van der Waals surface area contributed by atoms with Gasteiger partial charge >= 0.3 is 0 Å². The number of rotatable bonds is 6. The fourth-order valence-corrected chi connectivity index (χ4v) is 8.32. The average Bonchev–Trinajstić information content (AvgIpc) is 3.48. The molecule has 0 saturated heterocycles. The molecule has 234 valence electrons. The van der Waals surface area contributed by atoms with Crippen molar-refractivity contribution in [1.29, 1.82) is 0 Å². The van der Waals surface area contributed by atoms with Gasteiger partial charge in [-0.15, -0.1) is 11.3 Å². The Morgan fingerprint density at radius 3 is 1.18 bits per heavy atom. The first-order chi connectivity index (χ1) is 24.1. The van der Waals surface area contributed by atoms with Gasteiger partial charge in [-0.25, -0.2) is 0 Å². The molecule has 0 aliphatic heterocycles. The SMILES string of the molecule is Cc1ccccc1N(c1ccccc1)c1ccc2cc3sc4cc5ccc(N(c6ccccc6)c6ccccc6C)cc5cc4c3cc2c1. The lowest BCUT2D eigenvalue weighted by Crippen LogP contribution is -2.11. The van der Waals surface area contributed by atoms with Crippen molar-refractivity contribution >= 4 is 87.2 Å². The fourth-order valence-electron chi connectivity index (χ4n) is 7.15. The summed E-state index contributed by atoms with van der Waals surface area (Å²) in [5.74, 6) is 0. The molecule has 49 heavy (non-hydrogen) atoms. The van der Waals surface area contributed by atoms with Crippen molar-refractivity contribution in [3.8, 4) is 0 Å². The van der Waals surface area contributed by atoms with Crippen molar-refractivity contribution in [2.75, 3.05) is 9.80 Å². The lowest BCUT2D eigenvalue weighted by atomic mass is 10.0. The molecule has 0 saturated carbocycles. The van der Waals surface area contributed by atoms with Crippen LogP contribution in [0.15, 0.2) is 170 Å². The van der Waals surface area contributed by atoms with Crippen LogP contribution in [-0.2, 0) is 0 Å². The van der Waals surface area contributed by atoms with Crippen LogP contribution in [0.25, 0.3) is 41.7 Å². The standard InChI is InChI=1S/C46H34N2S/c1-31-13-9-11-19-43(31)47(37-15-5-3-6-16-37)39-23-21-33-29-45-41(27-35(33)25-39)42-28-36-26-40(24-22-34(36)30-46(42)49-45)48(38-17-7-4-8-18-38)44-20-12-10-14-32(44)2/h3-30H,1-2H3. The Labute approximate surface area is 290 Å². The molecule has 0 unspecified atom stereocenters. The van der Waals surface area contributed by atoms with E-state index < -0.39 is 0 Å². The molecule has 0 fully saturated rings. The molecule has 0 aliphatic rings. The van der Waals surface area contributed by atoms with E-state index in [0.29, 0.717) is 0 Å². The number of para-hydroxylation sites is 4. The van der Waals surface area contributed by atoms with Crippen LogP contribution in [0.1, 0.15) is 11.1 Å². The minimum Gasteiger partial charge on any atom is -0.310 e. The van der Waals surface area contributed by atoms with Gasteiger partial charge in [-0.1, -0.05) is 84.9 Å². The summed E-state index contributed by atoms with van der Waals surface area (Å²) in [5, 5.41) is 7.59. The van der Waals surface area contributed by atoms with Crippen LogP contribution in [0, 0.1) is 13.8 Å². The molecule has 9 rings (SSSR count). The number of nitrogens with zero attached hydrogens (tertiary/aromatic N) is 2. The number of benzene rings is 8. The Hall–Kier alpha value is -5.90. The van der Waals surface area contributed by atoms with Crippen LogP contribution >= 0.6 is 11.3 Å². The Morgan fingerprint density at radius 1 is 0.347 bits per heavy atom. The van der Waals surface area contributed by atoms with E-state index in [9.17, 15) is 0 Å². The van der Waals surface area contributed by atoms with Gasteiger partial charge in [0, 0.05) is 54.3 Å². The van der Waals surface area contributed by atoms with Gasteiger partial charge in [-0.05, 0) is 131 Å². The number of aryl methyl sites for hydroxylation is 2. The Kier molecular flexibility index (Phi) is 7.14. The first-order valence-corrected chi connectivity index (χ1v) is 17.6. The zero-order valence-corrected chi connectivity index (χ0v) is 28.3. The van der Waals surface area contributed by atoms with E-state index in [0.717, 1.165) is 22.7 Å². The zero-order chi connectivity index (χ0) is 32.9. The van der Waals surface area contributed by atoms with Crippen molar-refractivity contribution in [2.45, 2.75) is 13.8 Å². The quantitative estimate of drug-likeness (QED) is 0.177. The van der Waals surface area contributed by atoms with E-state index >= 15 is 0 Å². The van der Waals surface area contributed by atoms with Crippen molar-refractivity contribution in [3.63, 3.8) is 0 Å². The molecule has 0 radical (unpaired) electrons. The molecule has 0 atom stereocenters. The summed E-state index contributed by atoms with van der Waals surface area (Å²) in [7, 11) is 0. The van der Waals surface area contributed by atoms with Crippen LogP contribution in [-0.4, -0.2) is 0 Å². The summed E-state index contributed by atoms with van der Waals surface area (Å²) in [6.45, 7) is 4.37. The Bertz CT molecular complexity index is 2460. The molecule has 1 heterocycles. The third-order valence-electron chi connectivity index (χ3n) is 9.61. The molecule has 0 bridgehead atoms. The second-order valence-corrected chi connectivity index (χ2v) is 13.9. The molecule has 9 aromatic rings. The molecule has 2 nitrogen and oxygen atoms in total. The van der Waals surface area contributed by atoms with Crippen LogP contribution in [0.2, 0.25) is 0 Å². The van der Waals surface area contributed by atoms with E-state index in [-0.39, 0.29) is 0 Å². The summed E-state index contributed by atoms with van der Waals surface area (Å²) in [6, 6.07) is 61.8. The number of fused-ring (bicyclic) bond motifs is 5. The third-order valence-corrected chi connectivity index (χ3v) is 10.7. The summed E-state index contributed by atoms with van der Waals surface area (Å²) < 4.78 is 2.63. The highest BCUT2D eigenvalue weighted by molar-refractivity contribution is 7.26. The zero-order valence-electron chi connectivity index (χ0n) is 27.5. The third kappa shape index (κ3) is 5.20. The normalized spacial score (nSPS) is 11.5. The van der Waals surface area contributed by atoms with Gasteiger partial charge in [-0.2, -0.15) is 0 Å². The van der Waals surface area contributed by atoms with Crippen molar-refractivity contribution in [3.05, 3.63) is 181 Å². The minimum absolute atomic E-state index is 1.15. The topological polar surface area (TPSA) is 6.48 Å². The van der Waals surface area contributed by atoms with Gasteiger partial charge < -0.3 is 9.80 Å². The lowest BCUT2D eigenvalue weighted by molar-refractivity contribution is 1.25. The van der Waals surface area contributed by atoms with Crippen LogP contribution in [0.4, 0.5) is 34.1 Å². The Balaban J connectivity index is 1.20. The highest BCUT2D eigenvalue weighted by atomic mass is 32.1. The minimum atomic E-state index is 1.15. The van der Waals surface area contributed by atoms with E-state index in [1.165, 1.54) is 64.2 Å². The largest absolute Gasteiger partial charge is 0.310 e. The first-order valence-electron chi connectivity index (χ1n) is 16.8. The predicted octanol–water partition coefficient (Wildman–Crippen LogP) is 13.9. The van der Waals surface area contributed by atoms with Gasteiger partial charge in [0.15, 0.2) is 0 Å². The maximum Gasteiger partial charge on any atom is 0.0490 e. The molecule has 0 N–H and O–H groups in total. The van der Waals surface area contributed by atoms with Gasteiger partial charge in [-0.3, -0.25) is 0 Å². The van der Waals surface area contributed by atoms with Gasteiger partial charge in [0.05, 0.1) is 0 Å². The van der Waals surface area contributed by atoms with E-state index in [2.05, 4.69) is 194 Å². The van der Waals surface area contributed by atoms with Crippen molar-refractivity contribution in [2.24, 2.45) is 0 Å². The molecule has 1 aromatic heterocycles. The van der Waals surface area contributed by atoms with Gasteiger partial charge in [0.2, 0.25) is 0 Å². The van der Waals surface area contributed by atoms with Crippen LogP contribution < -0.4 is 9.80 Å². The first kappa shape index (κ1) is 29.3. The highest BCUT2D eigenvalue weighted by Gasteiger charge is 2.17.